The van der Waals surface area contributed by atoms with Crippen molar-refractivity contribution in [2.45, 2.75) is 84.3 Å². The van der Waals surface area contributed by atoms with Crippen LogP contribution in [0.1, 0.15) is 72.1 Å². The van der Waals surface area contributed by atoms with E-state index in [1.807, 2.05) is 35.0 Å². The fraction of sp³-hybridized carbons (Fsp3) is 0.895. The zero-order chi connectivity index (χ0) is 19.9. The van der Waals surface area contributed by atoms with Crippen molar-refractivity contribution < 1.29 is 29.0 Å². The van der Waals surface area contributed by atoms with Crippen molar-refractivity contribution in [1.82, 2.24) is 0 Å². The Bertz CT molecular complexity index is 352. The Balaban J connectivity index is 0. The third-order valence-corrected chi connectivity index (χ3v) is 3.55. The summed E-state index contributed by atoms with van der Waals surface area (Å²) in [7, 11) is 5.66. The molecule has 150 valence electrons. The first-order chi connectivity index (χ1) is 11.5. The molecule has 0 saturated heterocycles. The van der Waals surface area contributed by atoms with Crippen LogP contribution in [-0.2, 0) is 14.3 Å². The number of aliphatic hydroxyl groups excluding tert-OH is 1. The van der Waals surface area contributed by atoms with Gasteiger partial charge in [0.25, 0.3) is 0 Å². The average molecular weight is 362 g/mol. The molecule has 0 bridgehead atoms. The van der Waals surface area contributed by atoms with Gasteiger partial charge in [-0.1, -0.05) is 39.5 Å². The summed E-state index contributed by atoms with van der Waals surface area (Å²) < 4.78 is 5.72. The number of carbonyl (C=O) groups excluding carboxylic acids is 2. The van der Waals surface area contributed by atoms with E-state index < -0.39 is 12.1 Å². The number of carboxylic acid groups (broad SMARTS) is 1. The molecule has 1 N–H and O–H groups in total. The van der Waals surface area contributed by atoms with E-state index in [-0.39, 0.29) is 18.5 Å². The van der Waals surface area contributed by atoms with Gasteiger partial charge in [0.15, 0.2) is 0 Å². The van der Waals surface area contributed by atoms with Crippen molar-refractivity contribution in [2.24, 2.45) is 0 Å². The summed E-state index contributed by atoms with van der Waals surface area (Å²) >= 11 is 0. The monoisotopic (exact) mass is 361 g/mol. The van der Waals surface area contributed by atoms with Crippen molar-refractivity contribution in [3.05, 3.63) is 0 Å². The Hall–Kier alpha value is -1.14. The highest BCUT2D eigenvalue weighted by molar-refractivity contribution is 5.69. The molecule has 25 heavy (non-hydrogen) atoms. The van der Waals surface area contributed by atoms with Crippen molar-refractivity contribution in [3.8, 4) is 0 Å². The summed E-state index contributed by atoms with van der Waals surface area (Å²) in [5.41, 5.74) is 0. The van der Waals surface area contributed by atoms with Crippen molar-refractivity contribution in [2.75, 3.05) is 27.7 Å². The Morgan fingerprint density at radius 3 is 2.08 bits per heavy atom. The second kappa shape index (κ2) is 15.1. The van der Waals surface area contributed by atoms with E-state index in [9.17, 15) is 14.7 Å². The smallest absolute Gasteiger partial charge is 0.306 e. The van der Waals surface area contributed by atoms with Gasteiger partial charge < -0.3 is 24.2 Å². The van der Waals surface area contributed by atoms with E-state index in [2.05, 4.69) is 6.92 Å². The van der Waals surface area contributed by atoms with Crippen LogP contribution >= 0.6 is 0 Å². The first kappa shape index (κ1) is 26.1. The molecule has 0 amide bonds. The molecule has 2 unspecified atom stereocenters. The van der Waals surface area contributed by atoms with Crippen molar-refractivity contribution in [1.29, 1.82) is 0 Å². The van der Waals surface area contributed by atoms with E-state index in [4.69, 9.17) is 9.84 Å². The second-order valence-corrected chi connectivity index (χ2v) is 7.58. The van der Waals surface area contributed by atoms with Gasteiger partial charge in [0.1, 0.15) is 12.6 Å². The van der Waals surface area contributed by atoms with E-state index in [0.717, 1.165) is 19.3 Å². The molecule has 0 spiro atoms. The lowest BCUT2D eigenvalue weighted by atomic mass is 10.1. The summed E-state index contributed by atoms with van der Waals surface area (Å²) in [6, 6.07) is 0. The number of esters is 1. The maximum Gasteiger partial charge on any atom is 0.306 e. The minimum Gasteiger partial charge on any atom is -0.550 e. The largest absolute Gasteiger partial charge is 0.550 e. The lowest BCUT2D eigenvalue weighted by Crippen LogP contribution is -2.43. The molecule has 0 aliphatic carbocycles. The SMILES string of the molecule is CCCCCCCC(=O)OC(C)CC.C[N+](C)(C)CC(O)CC(=O)[O-]. The normalized spacial score (nSPS) is 13.4. The molecule has 6 nitrogen and oxygen atoms in total. The Labute approximate surface area is 153 Å². The molecule has 0 saturated carbocycles. The zero-order valence-electron chi connectivity index (χ0n) is 17.0. The zero-order valence-corrected chi connectivity index (χ0v) is 17.0. The molecule has 0 aliphatic heterocycles. The van der Waals surface area contributed by atoms with Crippen LogP contribution in [0, 0.1) is 0 Å². The summed E-state index contributed by atoms with van der Waals surface area (Å²) in [6.07, 6.45) is 6.40. The molecule has 0 heterocycles. The van der Waals surface area contributed by atoms with Crippen LogP contribution in [0.3, 0.4) is 0 Å². The number of ether oxygens (including phenoxy) is 1. The number of aliphatic carboxylic acids is 1. The third-order valence-electron chi connectivity index (χ3n) is 3.55. The third kappa shape index (κ3) is 22.9. The van der Waals surface area contributed by atoms with Crippen LogP contribution in [-0.4, -0.2) is 61.4 Å². The van der Waals surface area contributed by atoms with Crippen LogP contribution in [0.2, 0.25) is 0 Å². The number of hydrogen-bond donors (Lipinski definition) is 1. The Morgan fingerprint density at radius 2 is 1.64 bits per heavy atom. The molecule has 6 heteroatoms. The van der Waals surface area contributed by atoms with Gasteiger partial charge in [0, 0.05) is 18.8 Å². The Kier molecular flexibility index (Phi) is 15.8. The van der Waals surface area contributed by atoms with Gasteiger partial charge >= 0.3 is 5.97 Å². The second-order valence-electron chi connectivity index (χ2n) is 7.58. The Morgan fingerprint density at radius 1 is 1.08 bits per heavy atom. The first-order valence-electron chi connectivity index (χ1n) is 9.39. The van der Waals surface area contributed by atoms with Gasteiger partial charge in [-0.25, -0.2) is 0 Å². The molecule has 0 rings (SSSR count). The number of nitrogens with zero attached hydrogens (tertiary/aromatic N) is 1. The van der Waals surface area contributed by atoms with Gasteiger partial charge in [-0.05, 0) is 19.8 Å². The standard InChI is InChI=1S/C12H24O2.C7H15NO3/c1-4-6-7-8-9-10-12(13)14-11(3)5-2;1-8(2,3)5-6(9)4-7(10)11/h11H,4-10H2,1-3H3;6,9H,4-5H2,1-3H3. The van der Waals surface area contributed by atoms with Crippen LogP contribution in [0.25, 0.3) is 0 Å². The number of carboxylic acids is 1. The quantitative estimate of drug-likeness (QED) is 0.326. The van der Waals surface area contributed by atoms with Gasteiger partial charge in [-0.3, -0.25) is 4.79 Å². The minimum absolute atomic E-state index is 0.0316. The highest BCUT2D eigenvalue weighted by Gasteiger charge is 2.14. The van der Waals surface area contributed by atoms with E-state index in [1.54, 1.807) is 0 Å². The topological polar surface area (TPSA) is 86.7 Å². The van der Waals surface area contributed by atoms with Crippen LogP contribution in [0.15, 0.2) is 0 Å². The molecule has 0 aromatic carbocycles. The van der Waals surface area contributed by atoms with Crippen LogP contribution in [0.4, 0.5) is 0 Å². The summed E-state index contributed by atoms with van der Waals surface area (Å²) in [5.74, 6) is -1.23. The molecule has 0 aromatic heterocycles. The molecular formula is C19H39NO5. The average Bonchev–Trinajstić information content (AvgIpc) is 2.44. The first-order valence-corrected chi connectivity index (χ1v) is 9.39. The maximum absolute atomic E-state index is 11.2. The molecular weight excluding hydrogens is 322 g/mol. The summed E-state index contributed by atoms with van der Waals surface area (Å²) in [4.78, 5) is 21.2. The van der Waals surface area contributed by atoms with E-state index in [0.29, 0.717) is 17.4 Å². The fourth-order valence-electron chi connectivity index (χ4n) is 2.13. The number of hydrogen-bond acceptors (Lipinski definition) is 5. The van der Waals surface area contributed by atoms with Gasteiger partial charge in [-0.15, -0.1) is 0 Å². The minimum atomic E-state index is -1.20. The fourth-order valence-corrected chi connectivity index (χ4v) is 2.13. The number of rotatable bonds is 12. The van der Waals surface area contributed by atoms with Crippen LogP contribution < -0.4 is 5.11 Å². The van der Waals surface area contributed by atoms with Gasteiger partial charge in [-0.2, -0.15) is 0 Å². The number of likely N-dealkylation sites (N-methyl/N-ethyl adjacent to an activating group) is 1. The van der Waals surface area contributed by atoms with Gasteiger partial charge in [0.05, 0.1) is 27.2 Å². The van der Waals surface area contributed by atoms with Gasteiger partial charge in [0.2, 0.25) is 0 Å². The lowest BCUT2D eigenvalue weighted by Gasteiger charge is -2.26. The number of quaternary nitrogens is 1. The highest BCUT2D eigenvalue weighted by atomic mass is 16.5. The van der Waals surface area contributed by atoms with E-state index >= 15 is 0 Å². The number of aliphatic hydroxyl groups is 1. The highest BCUT2D eigenvalue weighted by Crippen LogP contribution is 2.07. The molecule has 0 aliphatic rings. The summed E-state index contributed by atoms with van der Waals surface area (Å²) in [5, 5.41) is 19.1. The molecule has 2 atom stereocenters. The summed E-state index contributed by atoms with van der Waals surface area (Å²) in [6.45, 7) is 6.58. The molecule has 0 radical (unpaired) electrons. The van der Waals surface area contributed by atoms with E-state index in [1.165, 1.54) is 19.3 Å². The predicted octanol–water partition coefficient (Wildman–Crippen LogP) is 1.88. The molecule has 0 aromatic rings. The van der Waals surface area contributed by atoms with Crippen LogP contribution in [0.5, 0.6) is 0 Å². The maximum atomic E-state index is 11.2. The number of unbranched alkanes of at least 4 members (excludes halogenated alkanes) is 4. The van der Waals surface area contributed by atoms with Crippen molar-refractivity contribution in [3.63, 3.8) is 0 Å². The van der Waals surface area contributed by atoms with Crippen molar-refractivity contribution >= 4 is 11.9 Å². The molecule has 0 fully saturated rings. The lowest BCUT2D eigenvalue weighted by molar-refractivity contribution is -0.873. The predicted molar refractivity (Wildman–Crippen MR) is 97.8 cm³/mol. The number of carbonyl (C=O) groups is 2.